The summed E-state index contributed by atoms with van der Waals surface area (Å²) in [6.07, 6.45) is 1.45. The summed E-state index contributed by atoms with van der Waals surface area (Å²) < 4.78 is 6.37. The Labute approximate surface area is 147 Å². The summed E-state index contributed by atoms with van der Waals surface area (Å²) in [6, 6.07) is 11.7. The van der Waals surface area contributed by atoms with Gasteiger partial charge in [-0.1, -0.05) is 23.7 Å². The predicted octanol–water partition coefficient (Wildman–Crippen LogP) is 2.33. The molecule has 0 N–H and O–H groups in total. The number of nitrogens with zero attached hydrogens (tertiary/aromatic N) is 4. The molecule has 0 radical (unpaired) electrons. The molecule has 0 bridgehead atoms. The van der Waals surface area contributed by atoms with Gasteiger partial charge in [-0.05, 0) is 24.3 Å². The van der Waals surface area contributed by atoms with Gasteiger partial charge in [0.25, 0.3) is 5.56 Å². The molecule has 25 heavy (non-hydrogen) atoms. The minimum absolute atomic E-state index is 0.0217. The second-order valence-corrected chi connectivity index (χ2v) is 5.37. The molecule has 0 aliphatic heterocycles. The molecule has 0 atom stereocenters. The lowest BCUT2D eigenvalue weighted by molar-refractivity contribution is 0.0457. The molecule has 1 aromatic carbocycles. The van der Waals surface area contributed by atoms with Crippen LogP contribution in [0.25, 0.3) is 10.9 Å². The van der Waals surface area contributed by atoms with Crippen molar-refractivity contribution < 1.29 is 9.53 Å². The van der Waals surface area contributed by atoms with E-state index in [1.807, 2.05) is 6.07 Å². The zero-order chi connectivity index (χ0) is 17.8. The van der Waals surface area contributed by atoms with E-state index in [2.05, 4.69) is 9.97 Å². The third-order valence-corrected chi connectivity index (χ3v) is 3.78. The minimum Gasteiger partial charge on any atom is -0.454 e. The van der Waals surface area contributed by atoms with E-state index < -0.39 is 5.97 Å². The molecule has 8 heteroatoms. The number of esters is 1. The maximum Gasteiger partial charge on any atom is 0.341 e. The van der Waals surface area contributed by atoms with Crippen LogP contribution in [-0.2, 0) is 17.9 Å². The number of rotatable bonds is 4. The van der Waals surface area contributed by atoms with Gasteiger partial charge >= 0.3 is 5.97 Å². The normalized spacial score (nSPS) is 10.4. The Morgan fingerprint density at radius 3 is 2.84 bits per heavy atom. The van der Waals surface area contributed by atoms with Crippen molar-refractivity contribution in [3.8, 4) is 6.07 Å². The smallest absolute Gasteiger partial charge is 0.341 e. The van der Waals surface area contributed by atoms with Crippen LogP contribution < -0.4 is 5.56 Å². The van der Waals surface area contributed by atoms with Crippen LogP contribution in [0.2, 0.25) is 5.15 Å². The largest absolute Gasteiger partial charge is 0.454 e. The number of pyridine rings is 1. The lowest BCUT2D eigenvalue weighted by Gasteiger charge is -2.11. The number of carbonyl (C=O) groups excluding carboxylic acids is 1. The van der Waals surface area contributed by atoms with E-state index in [4.69, 9.17) is 21.6 Å². The van der Waals surface area contributed by atoms with Gasteiger partial charge in [-0.2, -0.15) is 5.26 Å². The Bertz CT molecular complexity index is 1060. The molecule has 0 fully saturated rings. The summed E-state index contributed by atoms with van der Waals surface area (Å²) >= 11 is 5.86. The molecule has 0 amide bonds. The number of nitriles is 1. The van der Waals surface area contributed by atoms with E-state index in [1.165, 1.54) is 16.8 Å². The summed E-state index contributed by atoms with van der Waals surface area (Å²) in [5.74, 6) is -0.511. The van der Waals surface area contributed by atoms with Crippen LogP contribution in [0.15, 0.2) is 47.4 Å². The highest BCUT2D eigenvalue weighted by Gasteiger charge is 2.16. The van der Waals surface area contributed by atoms with Crippen molar-refractivity contribution in [2.24, 2.45) is 0 Å². The second kappa shape index (κ2) is 7.11. The van der Waals surface area contributed by atoms with Gasteiger partial charge in [0.2, 0.25) is 0 Å². The molecular weight excluding hydrogens is 344 g/mol. The number of halogens is 1. The summed E-state index contributed by atoms with van der Waals surface area (Å²) in [6.45, 7) is -0.469. The monoisotopic (exact) mass is 354 g/mol. The third-order valence-electron chi connectivity index (χ3n) is 3.48. The fourth-order valence-electron chi connectivity index (χ4n) is 2.30. The van der Waals surface area contributed by atoms with Crippen molar-refractivity contribution in [3.63, 3.8) is 0 Å². The summed E-state index contributed by atoms with van der Waals surface area (Å²) in [7, 11) is 0. The Morgan fingerprint density at radius 2 is 2.08 bits per heavy atom. The van der Waals surface area contributed by atoms with E-state index in [0.717, 1.165) is 0 Å². The highest BCUT2D eigenvalue weighted by molar-refractivity contribution is 6.32. The highest BCUT2D eigenvalue weighted by atomic mass is 35.5. The molecule has 0 saturated carbocycles. The van der Waals surface area contributed by atoms with Gasteiger partial charge in [0.15, 0.2) is 5.82 Å². The number of ether oxygens (including phenoxy) is 1. The van der Waals surface area contributed by atoms with Gasteiger partial charge in [-0.3, -0.25) is 9.36 Å². The first kappa shape index (κ1) is 16.6. The first-order chi connectivity index (χ1) is 12.1. The van der Waals surface area contributed by atoms with E-state index in [0.29, 0.717) is 10.9 Å². The van der Waals surface area contributed by atoms with Gasteiger partial charge in [-0.15, -0.1) is 0 Å². The Balaban J connectivity index is 1.94. The van der Waals surface area contributed by atoms with Crippen LogP contribution in [-0.4, -0.2) is 20.5 Å². The first-order valence-corrected chi connectivity index (χ1v) is 7.62. The number of para-hydroxylation sites is 1. The van der Waals surface area contributed by atoms with Crippen LogP contribution in [0.3, 0.4) is 0 Å². The van der Waals surface area contributed by atoms with Gasteiger partial charge < -0.3 is 4.74 Å². The Morgan fingerprint density at radius 1 is 1.28 bits per heavy atom. The van der Waals surface area contributed by atoms with Gasteiger partial charge in [0, 0.05) is 6.20 Å². The topological polar surface area (TPSA) is 97.9 Å². The molecule has 0 aliphatic carbocycles. The van der Waals surface area contributed by atoms with Crippen molar-refractivity contribution in [1.82, 2.24) is 14.5 Å². The van der Waals surface area contributed by atoms with E-state index >= 15 is 0 Å². The number of aromatic nitrogens is 3. The molecule has 0 saturated heterocycles. The van der Waals surface area contributed by atoms with Crippen molar-refractivity contribution in [2.45, 2.75) is 13.2 Å². The highest BCUT2D eigenvalue weighted by Crippen LogP contribution is 2.14. The fourth-order valence-corrected chi connectivity index (χ4v) is 2.50. The maximum atomic E-state index is 12.5. The van der Waals surface area contributed by atoms with Crippen LogP contribution in [0, 0.1) is 11.3 Å². The number of hydrogen-bond donors (Lipinski definition) is 0. The molecule has 3 rings (SSSR count). The average Bonchev–Trinajstić information content (AvgIpc) is 2.63. The number of benzene rings is 1. The fraction of sp³-hybridized carbons (Fsp3) is 0.118. The minimum atomic E-state index is -0.691. The number of carbonyl (C=O) groups is 1. The van der Waals surface area contributed by atoms with E-state index in [-0.39, 0.29) is 35.3 Å². The van der Waals surface area contributed by atoms with E-state index in [1.54, 1.807) is 30.3 Å². The van der Waals surface area contributed by atoms with Crippen molar-refractivity contribution >= 4 is 28.5 Å². The summed E-state index contributed by atoms with van der Waals surface area (Å²) in [5, 5.41) is 9.37. The first-order valence-electron chi connectivity index (χ1n) is 7.25. The van der Waals surface area contributed by atoms with Crippen molar-refractivity contribution in [1.29, 1.82) is 5.26 Å². The zero-order valence-corrected chi connectivity index (χ0v) is 13.6. The second-order valence-electron chi connectivity index (χ2n) is 5.01. The van der Waals surface area contributed by atoms with Crippen LogP contribution in [0.5, 0.6) is 0 Å². The molecule has 0 aliphatic rings. The molecule has 0 unspecified atom stereocenters. The van der Waals surface area contributed by atoms with Gasteiger partial charge in [-0.25, -0.2) is 14.8 Å². The number of hydrogen-bond acceptors (Lipinski definition) is 6. The quantitative estimate of drug-likeness (QED) is 0.526. The lowest BCUT2D eigenvalue weighted by atomic mass is 10.2. The van der Waals surface area contributed by atoms with Crippen LogP contribution in [0.1, 0.15) is 16.2 Å². The van der Waals surface area contributed by atoms with Crippen molar-refractivity contribution in [2.75, 3.05) is 0 Å². The SMILES string of the molecule is N#CCn1c(COC(=O)c2cccnc2Cl)nc2ccccc2c1=O. The average molecular weight is 355 g/mol. The third kappa shape index (κ3) is 3.34. The molecule has 7 nitrogen and oxygen atoms in total. The molecule has 124 valence electrons. The van der Waals surface area contributed by atoms with Crippen LogP contribution >= 0.6 is 11.6 Å². The number of fused-ring (bicyclic) bond motifs is 1. The summed E-state index contributed by atoms with van der Waals surface area (Å²) in [4.78, 5) is 32.8. The van der Waals surface area contributed by atoms with E-state index in [9.17, 15) is 9.59 Å². The lowest BCUT2D eigenvalue weighted by Crippen LogP contribution is -2.26. The molecular formula is C17H11ClN4O3. The standard InChI is InChI=1S/C17H11ClN4O3/c18-15-12(5-3-8-20-15)17(24)25-10-14-21-13-6-2-1-4-11(13)16(23)22(14)9-7-19/h1-6,8H,9-10H2. The summed E-state index contributed by atoms with van der Waals surface area (Å²) in [5.41, 5.74) is 0.212. The molecule has 0 spiro atoms. The van der Waals surface area contributed by atoms with Gasteiger partial charge in [0.1, 0.15) is 18.3 Å². The molecule has 3 aromatic rings. The van der Waals surface area contributed by atoms with Crippen LogP contribution in [0.4, 0.5) is 0 Å². The predicted molar refractivity (Wildman–Crippen MR) is 90.0 cm³/mol. The zero-order valence-electron chi connectivity index (χ0n) is 12.8. The van der Waals surface area contributed by atoms with Gasteiger partial charge in [0.05, 0.1) is 22.5 Å². The maximum absolute atomic E-state index is 12.5. The Kier molecular flexibility index (Phi) is 4.73. The molecule has 2 aromatic heterocycles. The Hall–Kier alpha value is -3.24. The molecule has 2 heterocycles. The van der Waals surface area contributed by atoms with Crippen molar-refractivity contribution in [3.05, 3.63) is 69.5 Å².